The standard InChI is InChI=1S/C16H34N2/c1-4-5-6-8-16(3)17-11-7-12-18-13-9-15(2)10-14-18/h15-17H,4-14H2,1-3H3. The maximum absolute atomic E-state index is 3.66. The second-order valence-electron chi connectivity index (χ2n) is 6.23. The van der Waals surface area contributed by atoms with E-state index >= 15 is 0 Å². The minimum atomic E-state index is 0.706. The zero-order chi connectivity index (χ0) is 13.2. The Balaban J connectivity index is 1.91. The quantitative estimate of drug-likeness (QED) is 0.632. The molecule has 0 bridgehead atoms. The normalized spacial score (nSPS) is 20.2. The summed E-state index contributed by atoms with van der Waals surface area (Å²) in [5.41, 5.74) is 0. The highest BCUT2D eigenvalue weighted by atomic mass is 15.1. The lowest BCUT2D eigenvalue weighted by Gasteiger charge is -2.30. The molecule has 0 saturated carbocycles. The zero-order valence-electron chi connectivity index (χ0n) is 12.9. The molecule has 1 heterocycles. The van der Waals surface area contributed by atoms with Crippen molar-refractivity contribution in [3.05, 3.63) is 0 Å². The fourth-order valence-corrected chi connectivity index (χ4v) is 2.74. The van der Waals surface area contributed by atoms with Crippen LogP contribution in [0.5, 0.6) is 0 Å². The minimum absolute atomic E-state index is 0.706. The summed E-state index contributed by atoms with van der Waals surface area (Å²) >= 11 is 0. The largest absolute Gasteiger partial charge is 0.314 e. The molecule has 2 heteroatoms. The van der Waals surface area contributed by atoms with Gasteiger partial charge in [-0.1, -0.05) is 33.1 Å². The molecule has 1 saturated heterocycles. The highest BCUT2D eigenvalue weighted by Crippen LogP contribution is 2.15. The van der Waals surface area contributed by atoms with Crippen molar-refractivity contribution in [1.82, 2.24) is 10.2 Å². The summed E-state index contributed by atoms with van der Waals surface area (Å²) in [4.78, 5) is 2.64. The van der Waals surface area contributed by atoms with Crippen LogP contribution in [0.25, 0.3) is 0 Å². The Labute approximate surface area is 115 Å². The number of nitrogens with one attached hydrogen (secondary N) is 1. The fourth-order valence-electron chi connectivity index (χ4n) is 2.74. The molecule has 0 aromatic heterocycles. The van der Waals surface area contributed by atoms with Gasteiger partial charge in [-0.25, -0.2) is 0 Å². The van der Waals surface area contributed by atoms with Gasteiger partial charge in [-0.3, -0.25) is 0 Å². The van der Waals surface area contributed by atoms with Crippen LogP contribution in [0, 0.1) is 5.92 Å². The molecule has 0 aromatic carbocycles. The molecule has 1 aliphatic heterocycles. The number of unbranched alkanes of at least 4 members (excludes halogenated alkanes) is 2. The van der Waals surface area contributed by atoms with E-state index in [9.17, 15) is 0 Å². The first-order chi connectivity index (χ1) is 8.72. The van der Waals surface area contributed by atoms with Gasteiger partial charge in [-0.2, -0.15) is 0 Å². The van der Waals surface area contributed by atoms with Crippen molar-refractivity contribution in [3.63, 3.8) is 0 Å². The highest BCUT2D eigenvalue weighted by Gasteiger charge is 2.14. The van der Waals surface area contributed by atoms with Gasteiger partial charge in [0.25, 0.3) is 0 Å². The smallest absolute Gasteiger partial charge is 0.00387 e. The van der Waals surface area contributed by atoms with Crippen LogP contribution in [-0.2, 0) is 0 Å². The van der Waals surface area contributed by atoms with Crippen LogP contribution in [0.3, 0.4) is 0 Å². The van der Waals surface area contributed by atoms with Crippen molar-refractivity contribution in [2.24, 2.45) is 5.92 Å². The van der Waals surface area contributed by atoms with E-state index in [0.29, 0.717) is 6.04 Å². The van der Waals surface area contributed by atoms with Gasteiger partial charge in [-0.15, -0.1) is 0 Å². The van der Waals surface area contributed by atoms with E-state index in [2.05, 4.69) is 31.0 Å². The van der Waals surface area contributed by atoms with Crippen molar-refractivity contribution in [3.8, 4) is 0 Å². The number of hydrogen-bond acceptors (Lipinski definition) is 2. The first-order valence-electron chi connectivity index (χ1n) is 8.18. The third kappa shape index (κ3) is 7.38. The summed E-state index contributed by atoms with van der Waals surface area (Å²) < 4.78 is 0. The van der Waals surface area contributed by atoms with Crippen molar-refractivity contribution in [2.45, 2.75) is 71.8 Å². The van der Waals surface area contributed by atoms with E-state index in [1.54, 1.807) is 0 Å². The molecule has 18 heavy (non-hydrogen) atoms. The van der Waals surface area contributed by atoms with Crippen LogP contribution in [0.1, 0.15) is 65.7 Å². The molecule has 1 N–H and O–H groups in total. The van der Waals surface area contributed by atoms with E-state index in [0.717, 1.165) is 5.92 Å². The molecular formula is C16H34N2. The summed E-state index contributed by atoms with van der Waals surface area (Å²) in [6.07, 6.45) is 9.57. The van der Waals surface area contributed by atoms with Crippen molar-refractivity contribution in [1.29, 1.82) is 0 Å². The van der Waals surface area contributed by atoms with Gasteiger partial charge < -0.3 is 10.2 Å². The lowest BCUT2D eigenvalue weighted by atomic mass is 9.99. The zero-order valence-corrected chi connectivity index (χ0v) is 12.9. The fraction of sp³-hybridized carbons (Fsp3) is 1.00. The van der Waals surface area contributed by atoms with Gasteiger partial charge in [0.2, 0.25) is 0 Å². The van der Waals surface area contributed by atoms with Crippen LogP contribution in [0.2, 0.25) is 0 Å². The molecule has 0 spiro atoms. The summed E-state index contributed by atoms with van der Waals surface area (Å²) in [6, 6.07) is 0.706. The number of nitrogens with zero attached hydrogens (tertiary/aromatic N) is 1. The molecule has 0 radical (unpaired) electrons. The maximum atomic E-state index is 3.66. The first-order valence-corrected chi connectivity index (χ1v) is 8.18. The van der Waals surface area contributed by atoms with Gasteiger partial charge in [0.05, 0.1) is 0 Å². The van der Waals surface area contributed by atoms with Crippen molar-refractivity contribution in [2.75, 3.05) is 26.2 Å². The molecule has 2 nitrogen and oxygen atoms in total. The van der Waals surface area contributed by atoms with Gasteiger partial charge in [0, 0.05) is 6.04 Å². The van der Waals surface area contributed by atoms with Crippen LogP contribution in [-0.4, -0.2) is 37.1 Å². The molecule has 108 valence electrons. The molecule has 1 fully saturated rings. The van der Waals surface area contributed by atoms with Crippen LogP contribution >= 0.6 is 0 Å². The molecule has 1 unspecified atom stereocenters. The number of likely N-dealkylation sites (tertiary alicyclic amines) is 1. The third-order valence-corrected chi connectivity index (χ3v) is 4.26. The molecule has 1 atom stereocenters. The lowest BCUT2D eigenvalue weighted by Crippen LogP contribution is -2.35. The molecule has 1 aliphatic rings. The molecule has 1 rings (SSSR count). The minimum Gasteiger partial charge on any atom is -0.314 e. The Morgan fingerprint density at radius 1 is 1.17 bits per heavy atom. The van der Waals surface area contributed by atoms with Gasteiger partial charge in [0.15, 0.2) is 0 Å². The second kappa shape index (κ2) is 9.80. The van der Waals surface area contributed by atoms with E-state index in [4.69, 9.17) is 0 Å². The second-order valence-corrected chi connectivity index (χ2v) is 6.23. The number of piperidine rings is 1. The van der Waals surface area contributed by atoms with Gasteiger partial charge in [-0.05, 0) is 64.7 Å². The van der Waals surface area contributed by atoms with E-state index < -0.39 is 0 Å². The molecule has 0 aromatic rings. The van der Waals surface area contributed by atoms with Crippen molar-refractivity contribution < 1.29 is 0 Å². The highest BCUT2D eigenvalue weighted by molar-refractivity contribution is 4.70. The average molecular weight is 254 g/mol. The predicted octanol–water partition coefficient (Wildman–Crippen LogP) is 3.67. The van der Waals surface area contributed by atoms with Crippen LogP contribution in [0.15, 0.2) is 0 Å². The van der Waals surface area contributed by atoms with Crippen LogP contribution < -0.4 is 5.32 Å². The summed E-state index contributed by atoms with van der Waals surface area (Å²) in [6.45, 7) is 12.1. The Hall–Kier alpha value is -0.0800. The maximum Gasteiger partial charge on any atom is 0.00387 e. The van der Waals surface area contributed by atoms with Gasteiger partial charge in [0.1, 0.15) is 0 Å². The van der Waals surface area contributed by atoms with Gasteiger partial charge >= 0.3 is 0 Å². The lowest BCUT2D eigenvalue weighted by molar-refractivity contribution is 0.190. The SMILES string of the molecule is CCCCCC(C)NCCCN1CCC(C)CC1. The monoisotopic (exact) mass is 254 g/mol. The Bertz CT molecular complexity index is 186. The number of rotatable bonds is 9. The third-order valence-electron chi connectivity index (χ3n) is 4.26. The predicted molar refractivity (Wildman–Crippen MR) is 81.1 cm³/mol. The van der Waals surface area contributed by atoms with Crippen molar-refractivity contribution >= 4 is 0 Å². The Kier molecular flexibility index (Phi) is 8.70. The van der Waals surface area contributed by atoms with Crippen LogP contribution in [0.4, 0.5) is 0 Å². The van der Waals surface area contributed by atoms with E-state index in [1.807, 2.05) is 0 Å². The average Bonchev–Trinajstić information content (AvgIpc) is 2.37. The van der Waals surface area contributed by atoms with E-state index in [-0.39, 0.29) is 0 Å². The summed E-state index contributed by atoms with van der Waals surface area (Å²) in [5.74, 6) is 0.956. The molecule has 0 amide bonds. The summed E-state index contributed by atoms with van der Waals surface area (Å²) in [7, 11) is 0. The van der Waals surface area contributed by atoms with E-state index in [1.165, 1.54) is 71.1 Å². The topological polar surface area (TPSA) is 15.3 Å². The Morgan fingerprint density at radius 2 is 1.89 bits per heavy atom. The number of hydrogen-bond donors (Lipinski definition) is 1. The molecule has 0 aliphatic carbocycles. The summed E-state index contributed by atoms with van der Waals surface area (Å²) in [5, 5.41) is 3.66. The Morgan fingerprint density at radius 3 is 2.56 bits per heavy atom. The molecular weight excluding hydrogens is 220 g/mol. The first kappa shape index (κ1) is 16.0.